The summed E-state index contributed by atoms with van der Waals surface area (Å²) in [4.78, 5) is 15.0. The number of fused-ring (bicyclic) bond motifs is 6. The smallest absolute Gasteiger partial charge is 0.164 e. The van der Waals surface area contributed by atoms with Gasteiger partial charge >= 0.3 is 0 Å². The van der Waals surface area contributed by atoms with Gasteiger partial charge in [-0.15, -0.1) is 11.3 Å². The minimum absolute atomic E-state index is 0.0210. The third-order valence-electron chi connectivity index (χ3n) is 15.9. The summed E-state index contributed by atoms with van der Waals surface area (Å²) in [6, 6.07) is 68.3. The van der Waals surface area contributed by atoms with Crippen LogP contribution in [0.15, 0.2) is 182 Å². The molecule has 2 heterocycles. The highest BCUT2D eigenvalue weighted by Crippen LogP contribution is 2.70. The molecule has 4 fully saturated rings. The first kappa shape index (κ1) is 38.7. The van der Waals surface area contributed by atoms with Crippen molar-refractivity contribution in [2.75, 3.05) is 0 Å². The van der Waals surface area contributed by atoms with Crippen LogP contribution in [0.4, 0.5) is 0 Å². The fraction of sp³-hybridized carbons (Fsp3) is 0.161. The first-order chi connectivity index (χ1) is 33.1. The lowest BCUT2D eigenvalue weighted by molar-refractivity contribution is -0.0399. The van der Waals surface area contributed by atoms with Gasteiger partial charge in [0, 0.05) is 42.3 Å². The fourth-order valence-electron chi connectivity index (χ4n) is 13.3. The van der Waals surface area contributed by atoms with Crippen LogP contribution in [0, 0.1) is 35.0 Å². The van der Waals surface area contributed by atoms with E-state index < -0.39 is 0 Å². The molecule has 5 aliphatic rings. The second-order valence-corrected chi connectivity index (χ2v) is 20.6. The summed E-state index contributed by atoms with van der Waals surface area (Å²) < 4.78 is 2.44. The van der Waals surface area contributed by atoms with Gasteiger partial charge in [0.1, 0.15) is 0 Å². The highest BCUT2D eigenvalue weighted by molar-refractivity contribution is 7.25. The Balaban J connectivity index is 0.875. The number of hydrogen-bond donors (Lipinski definition) is 0. The van der Waals surface area contributed by atoms with E-state index in [9.17, 15) is 5.26 Å². The molecule has 4 nitrogen and oxygen atoms in total. The maximum absolute atomic E-state index is 9.62. The molecule has 4 bridgehead atoms. The highest BCUT2D eigenvalue weighted by atomic mass is 32.1. The minimum atomic E-state index is 0.0210. The molecule has 5 aliphatic carbocycles. The Labute approximate surface area is 394 Å². The average molecular weight is 877 g/mol. The Morgan fingerprint density at radius 3 is 1.58 bits per heavy atom. The topological polar surface area (TPSA) is 62.5 Å². The number of nitrogens with zero attached hydrogens (tertiary/aromatic N) is 4. The molecule has 0 N–H and O–H groups in total. The van der Waals surface area contributed by atoms with Crippen LogP contribution in [0.25, 0.3) is 98.8 Å². The molecule has 0 saturated heterocycles. The van der Waals surface area contributed by atoms with Crippen LogP contribution in [-0.4, -0.2) is 15.0 Å². The quantitative estimate of drug-likeness (QED) is 0.167. The van der Waals surface area contributed by atoms with Gasteiger partial charge < -0.3 is 0 Å². The van der Waals surface area contributed by atoms with Crippen molar-refractivity contribution in [3.8, 4) is 84.7 Å². The third kappa shape index (κ3) is 6.06. The highest BCUT2D eigenvalue weighted by Gasteiger charge is 2.61. The van der Waals surface area contributed by atoms with Gasteiger partial charge in [-0.3, -0.25) is 0 Å². The van der Waals surface area contributed by atoms with E-state index in [1.54, 1.807) is 22.5 Å². The van der Waals surface area contributed by atoms with Crippen LogP contribution >= 0.6 is 11.3 Å². The van der Waals surface area contributed by atoms with Crippen molar-refractivity contribution in [1.82, 2.24) is 15.0 Å². The van der Waals surface area contributed by atoms with Gasteiger partial charge in [-0.1, -0.05) is 146 Å². The van der Waals surface area contributed by atoms with Crippen molar-refractivity contribution in [3.63, 3.8) is 0 Å². The first-order valence-corrected chi connectivity index (χ1v) is 24.6. The Kier molecular flexibility index (Phi) is 8.67. The summed E-state index contributed by atoms with van der Waals surface area (Å²) in [5.41, 5.74) is 17.0. The number of aromatic nitrogens is 3. The largest absolute Gasteiger partial charge is 0.208 e. The normalized spacial score (nSPS) is 20.9. The summed E-state index contributed by atoms with van der Waals surface area (Å²) in [6.07, 6.45) is 6.78. The Bertz CT molecular complexity index is 3590. The van der Waals surface area contributed by atoms with Crippen molar-refractivity contribution in [2.24, 2.45) is 23.7 Å². The summed E-state index contributed by atoms with van der Waals surface area (Å²) in [5, 5.41) is 12.1. The third-order valence-corrected chi connectivity index (χ3v) is 17.0. The van der Waals surface area contributed by atoms with Crippen molar-refractivity contribution in [1.29, 1.82) is 5.26 Å². The summed E-state index contributed by atoms with van der Waals surface area (Å²) in [6.45, 7) is 0. The number of nitriles is 1. The van der Waals surface area contributed by atoms with Crippen LogP contribution in [-0.2, 0) is 5.41 Å². The zero-order chi connectivity index (χ0) is 44.2. The molecule has 5 heteroatoms. The Hall–Kier alpha value is -7.52. The molecule has 0 aliphatic heterocycles. The Morgan fingerprint density at radius 1 is 0.418 bits per heavy atom. The standard InChI is InChI=1S/C62H44N4S/c63-36-37-20-23-51-52-24-22-46(35-57(52)67-56(51)31-37)50-18-9-19-54-58(50)53-25-21-45(34-55(53)62(54)48-27-38-26-39(29-48)30-49(62)28-38)43-15-7-14-42(32-43)44-16-8-17-47(33-44)61-65-59(40-10-3-1-4-11-40)64-60(66-61)41-12-5-2-6-13-41/h1-25,31-35,38-39,48-49H,26-30H2. The van der Waals surface area contributed by atoms with Gasteiger partial charge in [-0.2, -0.15) is 5.26 Å². The average Bonchev–Trinajstić information content (AvgIpc) is 3.90. The summed E-state index contributed by atoms with van der Waals surface area (Å²) in [5.74, 6) is 5.02. The minimum Gasteiger partial charge on any atom is -0.208 e. The number of thiophene rings is 1. The lowest BCUT2D eigenvalue weighted by Crippen LogP contribution is -2.55. The van der Waals surface area contributed by atoms with E-state index in [1.165, 1.54) is 85.7 Å². The second kappa shape index (κ2) is 15.0. The van der Waals surface area contributed by atoms with Crippen molar-refractivity contribution in [2.45, 2.75) is 37.5 Å². The van der Waals surface area contributed by atoms with Gasteiger partial charge in [-0.25, -0.2) is 15.0 Å². The van der Waals surface area contributed by atoms with Gasteiger partial charge in [0.25, 0.3) is 0 Å². The zero-order valence-corrected chi connectivity index (χ0v) is 37.7. The number of hydrogen-bond acceptors (Lipinski definition) is 5. The fourth-order valence-corrected chi connectivity index (χ4v) is 14.5. The van der Waals surface area contributed by atoms with Crippen LogP contribution in [0.1, 0.15) is 48.8 Å². The lowest BCUT2D eigenvalue weighted by atomic mass is 9.43. The maximum atomic E-state index is 9.62. The van der Waals surface area contributed by atoms with Gasteiger partial charge in [0.2, 0.25) is 0 Å². The molecule has 0 unspecified atom stereocenters. The van der Waals surface area contributed by atoms with E-state index in [2.05, 4.69) is 140 Å². The van der Waals surface area contributed by atoms with Gasteiger partial charge in [0.15, 0.2) is 17.5 Å². The lowest BCUT2D eigenvalue weighted by Gasteiger charge is -2.61. The first-order valence-electron chi connectivity index (χ1n) is 23.8. The molecule has 4 saturated carbocycles. The molecule has 1 spiro atoms. The van der Waals surface area contributed by atoms with Crippen molar-refractivity contribution >= 4 is 31.5 Å². The van der Waals surface area contributed by atoms with E-state index in [0.29, 0.717) is 34.9 Å². The molecule has 0 atom stereocenters. The zero-order valence-electron chi connectivity index (χ0n) is 36.9. The predicted octanol–water partition coefficient (Wildman–Crippen LogP) is 15.8. The van der Waals surface area contributed by atoms with E-state index in [1.807, 2.05) is 48.5 Å². The summed E-state index contributed by atoms with van der Waals surface area (Å²) in [7, 11) is 0. The van der Waals surface area contributed by atoms with Gasteiger partial charge in [0.05, 0.1) is 11.6 Å². The molecule has 0 radical (unpaired) electrons. The number of rotatable bonds is 6. The molecular weight excluding hydrogens is 833 g/mol. The van der Waals surface area contributed by atoms with Crippen LogP contribution in [0.3, 0.4) is 0 Å². The number of benzene rings is 8. The molecule has 0 amide bonds. The molecule has 10 aromatic rings. The van der Waals surface area contributed by atoms with Crippen molar-refractivity contribution in [3.05, 3.63) is 199 Å². The predicted molar refractivity (Wildman–Crippen MR) is 273 cm³/mol. The summed E-state index contributed by atoms with van der Waals surface area (Å²) >= 11 is 1.80. The Morgan fingerprint density at radius 2 is 0.940 bits per heavy atom. The van der Waals surface area contributed by atoms with E-state index in [0.717, 1.165) is 39.7 Å². The van der Waals surface area contributed by atoms with Crippen LogP contribution in [0.5, 0.6) is 0 Å². The molecule has 8 aromatic carbocycles. The second-order valence-electron chi connectivity index (χ2n) is 19.5. The SMILES string of the molecule is N#Cc1ccc2c(c1)sc1cc(-c3cccc4c3-c3ccc(-c5cccc(-c6cccc(-c7nc(-c8ccccc8)nc(-c8ccccc8)n7)c6)c5)cc3C43C4CC5CC(C4)CC3C5)ccc12. The van der Waals surface area contributed by atoms with E-state index in [4.69, 9.17) is 15.0 Å². The molecule has 318 valence electrons. The molecule has 67 heavy (non-hydrogen) atoms. The van der Waals surface area contributed by atoms with E-state index >= 15 is 0 Å². The maximum Gasteiger partial charge on any atom is 0.164 e. The monoisotopic (exact) mass is 876 g/mol. The van der Waals surface area contributed by atoms with Gasteiger partial charge in [-0.05, 0) is 148 Å². The van der Waals surface area contributed by atoms with Crippen LogP contribution in [0.2, 0.25) is 0 Å². The molecule has 2 aromatic heterocycles. The van der Waals surface area contributed by atoms with E-state index in [-0.39, 0.29) is 5.41 Å². The molecule has 15 rings (SSSR count). The molecular formula is C62H44N4S. The van der Waals surface area contributed by atoms with Crippen LogP contribution < -0.4 is 0 Å². The van der Waals surface area contributed by atoms with Crippen molar-refractivity contribution < 1.29 is 0 Å².